The van der Waals surface area contributed by atoms with Gasteiger partial charge in [0.1, 0.15) is 18.0 Å². The van der Waals surface area contributed by atoms with Crippen molar-refractivity contribution in [1.82, 2.24) is 4.90 Å². The van der Waals surface area contributed by atoms with Crippen molar-refractivity contribution in [3.63, 3.8) is 0 Å². The van der Waals surface area contributed by atoms with Crippen molar-refractivity contribution in [3.8, 4) is 16.9 Å². The van der Waals surface area contributed by atoms with Crippen LogP contribution < -0.4 is 4.74 Å². The first-order chi connectivity index (χ1) is 17.7. The summed E-state index contributed by atoms with van der Waals surface area (Å²) in [5.74, 6) is 1.13. The number of methoxy groups -OCH3 is 1. The SMILES string of the molecule is COC[C@@H]1C[C@@H](C2=Nc3ccc4cc5c(cc4c3C2)OCc2cc(Cl)ccc2-5)N(C(=O)OC(C)(C)C)C1. The van der Waals surface area contributed by atoms with Crippen LogP contribution in [0.4, 0.5) is 10.5 Å². The molecule has 3 heterocycles. The van der Waals surface area contributed by atoms with Gasteiger partial charge >= 0.3 is 6.09 Å². The Balaban J connectivity index is 1.33. The Morgan fingerprint density at radius 3 is 2.78 bits per heavy atom. The van der Waals surface area contributed by atoms with Crippen molar-refractivity contribution in [3.05, 3.63) is 58.6 Å². The number of halogens is 1. The summed E-state index contributed by atoms with van der Waals surface area (Å²) in [6.45, 7) is 7.40. The van der Waals surface area contributed by atoms with E-state index in [4.69, 9.17) is 30.8 Å². The number of hydrogen-bond donors (Lipinski definition) is 0. The lowest BCUT2D eigenvalue weighted by molar-refractivity contribution is 0.0252. The number of rotatable bonds is 3. The van der Waals surface area contributed by atoms with Gasteiger partial charge < -0.3 is 14.2 Å². The minimum atomic E-state index is -0.555. The van der Waals surface area contributed by atoms with Gasteiger partial charge in [-0.25, -0.2) is 4.79 Å². The van der Waals surface area contributed by atoms with Gasteiger partial charge in [-0.3, -0.25) is 9.89 Å². The third-order valence-corrected chi connectivity index (χ3v) is 7.61. The second-order valence-corrected chi connectivity index (χ2v) is 11.6. The van der Waals surface area contributed by atoms with E-state index in [0.717, 1.165) is 51.0 Å². The summed E-state index contributed by atoms with van der Waals surface area (Å²) in [5, 5.41) is 3.00. The monoisotopic (exact) mass is 518 g/mol. The minimum absolute atomic E-state index is 0.108. The largest absolute Gasteiger partial charge is 0.488 e. The number of benzene rings is 3. The van der Waals surface area contributed by atoms with Gasteiger partial charge in [0.15, 0.2) is 0 Å². The molecule has 0 radical (unpaired) electrons. The summed E-state index contributed by atoms with van der Waals surface area (Å²) in [6, 6.07) is 14.4. The Morgan fingerprint density at radius 2 is 2.00 bits per heavy atom. The summed E-state index contributed by atoms with van der Waals surface area (Å²) in [5.41, 5.74) is 5.93. The van der Waals surface area contributed by atoms with Crippen LogP contribution in [0, 0.1) is 5.92 Å². The number of carbonyl (C=O) groups excluding carboxylic acids is 1. The molecule has 0 saturated carbocycles. The maximum Gasteiger partial charge on any atom is 0.410 e. The van der Waals surface area contributed by atoms with Crippen LogP contribution in [0.2, 0.25) is 5.02 Å². The summed E-state index contributed by atoms with van der Waals surface area (Å²) in [4.78, 5) is 20.0. The molecular weight excluding hydrogens is 488 g/mol. The average molecular weight is 519 g/mol. The maximum absolute atomic E-state index is 13.1. The Hall–Kier alpha value is -3.09. The summed E-state index contributed by atoms with van der Waals surface area (Å²) >= 11 is 6.21. The van der Waals surface area contributed by atoms with E-state index in [2.05, 4.69) is 30.3 Å². The number of amides is 1. The fourth-order valence-corrected chi connectivity index (χ4v) is 6.00. The van der Waals surface area contributed by atoms with Gasteiger partial charge in [0, 0.05) is 42.3 Å². The zero-order valence-electron chi connectivity index (χ0n) is 21.6. The molecule has 0 unspecified atom stereocenters. The molecule has 3 aliphatic rings. The van der Waals surface area contributed by atoms with Gasteiger partial charge in [-0.05, 0) is 85.0 Å². The van der Waals surface area contributed by atoms with Gasteiger partial charge in [-0.1, -0.05) is 23.7 Å². The van der Waals surface area contributed by atoms with Gasteiger partial charge in [0.2, 0.25) is 0 Å². The Bertz CT molecular complexity index is 1440. The molecule has 3 aromatic rings. The van der Waals surface area contributed by atoms with Gasteiger partial charge in [-0.2, -0.15) is 0 Å². The zero-order chi connectivity index (χ0) is 25.9. The van der Waals surface area contributed by atoms with Gasteiger partial charge in [-0.15, -0.1) is 0 Å². The lowest BCUT2D eigenvalue weighted by Gasteiger charge is -2.28. The highest BCUT2D eigenvalue weighted by molar-refractivity contribution is 6.30. The predicted octanol–water partition coefficient (Wildman–Crippen LogP) is 6.95. The number of hydrogen-bond acceptors (Lipinski definition) is 5. The molecule has 0 bridgehead atoms. The second kappa shape index (κ2) is 9.03. The number of ether oxygens (including phenoxy) is 3. The Labute approximate surface area is 222 Å². The molecule has 0 aliphatic carbocycles. The number of aliphatic imine (C=N–C) groups is 1. The minimum Gasteiger partial charge on any atom is -0.488 e. The van der Waals surface area contributed by atoms with E-state index in [0.29, 0.717) is 31.2 Å². The number of likely N-dealkylation sites (tertiary alicyclic amines) is 1. The van der Waals surface area contributed by atoms with E-state index in [1.54, 1.807) is 7.11 Å². The quantitative estimate of drug-likeness (QED) is 0.376. The van der Waals surface area contributed by atoms with E-state index in [1.807, 2.05) is 37.8 Å². The van der Waals surface area contributed by atoms with Crippen LogP contribution >= 0.6 is 11.6 Å². The lowest BCUT2D eigenvalue weighted by Crippen LogP contribution is -2.43. The highest BCUT2D eigenvalue weighted by atomic mass is 35.5. The van der Waals surface area contributed by atoms with Crippen LogP contribution in [-0.4, -0.2) is 48.6 Å². The molecule has 0 N–H and O–H groups in total. The Kier molecular flexibility index (Phi) is 5.92. The average Bonchev–Trinajstić information content (AvgIpc) is 3.46. The van der Waals surface area contributed by atoms with Crippen LogP contribution in [-0.2, 0) is 22.5 Å². The zero-order valence-corrected chi connectivity index (χ0v) is 22.4. The molecule has 1 fully saturated rings. The summed E-state index contributed by atoms with van der Waals surface area (Å²) in [7, 11) is 1.70. The van der Waals surface area contributed by atoms with Crippen LogP contribution in [0.15, 0.2) is 47.5 Å². The van der Waals surface area contributed by atoms with Crippen LogP contribution in [0.5, 0.6) is 5.75 Å². The molecule has 2 atom stereocenters. The highest BCUT2D eigenvalue weighted by Crippen LogP contribution is 2.44. The third-order valence-electron chi connectivity index (χ3n) is 7.37. The molecule has 6 nitrogen and oxygen atoms in total. The number of carbonyl (C=O) groups is 1. The van der Waals surface area contributed by atoms with Crippen molar-refractivity contribution in [1.29, 1.82) is 0 Å². The first-order valence-corrected chi connectivity index (χ1v) is 13.2. The van der Waals surface area contributed by atoms with E-state index >= 15 is 0 Å². The maximum atomic E-state index is 13.1. The van der Waals surface area contributed by atoms with Gasteiger partial charge in [0.05, 0.1) is 18.3 Å². The van der Waals surface area contributed by atoms with Crippen LogP contribution in [0.25, 0.3) is 21.9 Å². The molecule has 6 rings (SSSR count). The van der Waals surface area contributed by atoms with Crippen molar-refractivity contribution < 1.29 is 19.0 Å². The summed E-state index contributed by atoms with van der Waals surface area (Å²) in [6.07, 6.45) is 1.22. The molecule has 3 aromatic carbocycles. The first-order valence-electron chi connectivity index (χ1n) is 12.8. The molecule has 1 saturated heterocycles. The Morgan fingerprint density at radius 1 is 1.16 bits per heavy atom. The number of nitrogens with zero attached hydrogens (tertiary/aromatic N) is 2. The van der Waals surface area contributed by atoms with E-state index in [9.17, 15) is 4.79 Å². The molecular formula is C30H31ClN2O4. The van der Waals surface area contributed by atoms with Crippen LogP contribution in [0.1, 0.15) is 38.3 Å². The van der Waals surface area contributed by atoms with Crippen molar-refractivity contribution in [2.45, 2.75) is 51.9 Å². The standard InChI is InChI=1S/C30H31ClN2O4/c1-30(2,3)37-29(34)33-14-17(15-35-4)9-27(33)26-12-23-22-13-28-24(11-18(22)5-8-25(23)32-26)21-7-6-20(31)10-19(21)16-36-28/h5-8,10-11,13,17,27H,9,12,14-16H2,1-4H3/t17-,27+/m1/s1. The van der Waals surface area contributed by atoms with E-state index in [-0.39, 0.29) is 18.1 Å². The predicted molar refractivity (Wildman–Crippen MR) is 146 cm³/mol. The number of fused-ring (bicyclic) bond motifs is 6. The second-order valence-electron chi connectivity index (χ2n) is 11.2. The third kappa shape index (κ3) is 4.47. The topological polar surface area (TPSA) is 60.4 Å². The molecule has 3 aliphatic heterocycles. The fourth-order valence-electron chi connectivity index (χ4n) is 5.81. The molecule has 0 aromatic heterocycles. The van der Waals surface area contributed by atoms with Gasteiger partial charge in [0.25, 0.3) is 0 Å². The first kappa shape index (κ1) is 24.3. The highest BCUT2D eigenvalue weighted by Gasteiger charge is 2.41. The van der Waals surface area contributed by atoms with Crippen molar-refractivity contribution >= 4 is 39.9 Å². The van der Waals surface area contributed by atoms with Crippen molar-refractivity contribution in [2.24, 2.45) is 10.9 Å². The normalized spacial score (nSPS) is 20.2. The fraction of sp³-hybridized carbons (Fsp3) is 0.400. The molecule has 7 heteroatoms. The summed E-state index contributed by atoms with van der Waals surface area (Å²) < 4.78 is 17.3. The smallest absolute Gasteiger partial charge is 0.410 e. The molecule has 37 heavy (non-hydrogen) atoms. The molecule has 1 amide bonds. The molecule has 192 valence electrons. The van der Waals surface area contributed by atoms with Crippen LogP contribution in [0.3, 0.4) is 0 Å². The van der Waals surface area contributed by atoms with Crippen molar-refractivity contribution in [2.75, 3.05) is 20.3 Å². The lowest BCUT2D eigenvalue weighted by atomic mass is 9.91. The molecule has 0 spiro atoms. The van der Waals surface area contributed by atoms with E-state index in [1.165, 1.54) is 5.56 Å². The van der Waals surface area contributed by atoms with E-state index < -0.39 is 5.60 Å².